The van der Waals surface area contributed by atoms with Crippen LogP contribution >= 0.6 is 0 Å². The molecule has 5 heteroatoms. The number of rotatable bonds is 3. The van der Waals surface area contributed by atoms with Crippen molar-refractivity contribution >= 4 is 5.91 Å². The van der Waals surface area contributed by atoms with Gasteiger partial charge in [0.25, 0.3) is 5.91 Å². The van der Waals surface area contributed by atoms with Gasteiger partial charge in [-0.3, -0.25) is 9.78 Å². The summed E-state index contributed by atoms with van der Waals surface area (Å²) in [6.45, 7) is 0. The quantitative estimate of drug-likeness (QED) is 0.792. The van der Waals surface area contributed by atoms with E-state index in [4.69, 9.17) is 0 Å². The van der Waals surface area contributed by atoms with Crippen LogP contribution in [0.1, 0.15) is 28.4 Å². The molecule has 5 nitrogen and oxygen atoms in total. The monoisotopic (exact) mass is 298 g/mol. The lowest BCUT2D eigenvalue weighted by Gasteiger charge is -2.23. The Morgan fingerprint density at radius 1 is 1.09 bits per heavy atom. The number of carbonyl (C=O) groups is 1. The van der Waals surface area contributed by atoms with E-state index >= 15 is 0 Å². The lowest BCUT2D eigenvalue weighted by Crippen LogP contribution is -2.45. The third-order valence-electron chi connectivity index (χ3n) is 4.11. The van der Waals surface area contributed by atoms with Crippen LogP contribution < -0.4 is 5.32 Å². The van der Waals surface area contributed by atoms with Gasteiger partial charge in [0, 0.05) is 12.1 Å². The summed E-state index contributed by atoms with van der Waals surface area (Å²) in [5, 5.41) is 23.0. The van der Waals surface area contributed by atoms with E-state index in [-0.39, 0.29) is 11.8 Å². The summed E-state index contributed by atoms with van der Waals surface area (Å²) in [4.78, 5) is 16.3. The number of pyridine rings is 1. The number of amides is 1. The minimum absolute atomic E-state index is 0.126. The molecule has 0 bridgehead atoms. The van der Waals surface area contributed by atoms with Crippen molar-refractivity contribution in [3.05, 3.63) is 66.0 Å². The van der Waals surface area contributed by atoms with Crippen molar-refractivity contribution in [3.63, 3.8) is 0 Å². The highest BCUT2D eigenvalue weighted by atomic mass is 16.3. The number of aromatic nitrogens is 1. The largest absolute Gasteiger partial charge is 0.390 e. The lowest BCUT2D eigenvalue weighted by atomic mass is 9.93. The molecule has 0 aliphatic heterocycles. The molecule has 3 N–H and O–H groups in total. The summed E-state index contributed by atoms with van der Waals surface area (Å²) >= 11 is 0. The van der Waals surface area contributed by atoms with Crippen LogP contribution in [0.15, 0.2) is 54.7 Å². The summed E-state index contributed by atoms with van der Waals surface area (Å²) in [5.41, 5.74) is 1.28. The summed E-state index contributed by atoms with van der Waals surface area (Å²) in [7, 11) is 0. The Labute approximate surface area is 128 Å². The number of benzene rings is 1. The van der Waals surface area contributed by atoms with E-state index in [1.54, 1.807) is 24.4 Å². The molecule has 0 spiro atoms. The van der Waals surface area contributed by atoms with Crippen LogP contribution in [0.5, 0.6) is 0 Å². The van der Waals surface area contributed by atoms with Crippen LogP contribution in [0.4, 0.5) is 0 Å². The molecule has 1 saturated carbocycles. The molecule has 2 aromatic rings. The highest BCUT2D eigenvalue weighted by Crippen LogP contribution is 2.35. The molecule has 1 aromatic heterocycles. The second-order valence-electron chi connectivity index (χ2n) is 5.53. The zero-order valence-electron chi connectivity index (χ0n) is 12.0. The first-order valence-corrected chi connectivity index (χ1v) is 7.30. The van der Waals surface area contributed by atoms with Crippen LogP contribution in [0, 0.1) is 0 Å². The predicted molar refractivity (Wildman–Crippen MR) is 81.3 cm³/mol. The van der Waals surface area contributed by atoms with Crippen molar-refractivity contribution in [1.29, 1.82) is 0 Å². The molecular formula is C17H18N2O3. The second-order valence-corrected chi connectivity index (χ2v) is 5.53. The van der Waals surface area contributed by atoms with Crippen LogP contribution in [0.25, 0.3) is 0 Å². The van der Waals surface area contributed by atoms with Gasteiger partial charge in [-0.05, 0) is 24.1 Å². The molecule has 3 rings (SSSR count). The van der Waals surface area contributed by atoms with Gasteiger partial charge in [0.15, 0.2) is 0 Å². The number of hydrogen-bond donors (Lipinski definition) is 3. The zero-order chi connectivity index (χ0) is 15.5. The van der Waals surface area contributed by atoms with Gasteiger partial charge in [-0.2, -0.15) is 0 Å². The van der Waals surface area contributed by atoms with Gasteiger partial charge < -0.3 is 15.5 Å². The first-order valence-electron chi connectivity index (χ1n) is 7.30. The molecule has 1 heterocycles. The van der Waals surface area contributed by atoms with Gasteiger partial charge in [-0.25, -0.2) is 0 Å². The standard InChI is InChI=1S/C17H18N2O3/c20-14-10-12(11-6-2-1-3-7-11)15(16(14)21)19-17(22)13-8-4-5-9-18-13/h1-9,12,14-16,20-21H,10H2,(H,19,22)/t12-,14-,15-,16-/m1/s1. The van der Waals surface area contributed by atoms with Crippen molar-refractivity contribution in [1.82, 2.24) is 10.3 Å². The number of carbonyl (C=O) groups excluding carboxylic acids is 1. The maximum Gasteiger partial charge on any atom is 0.270 e. The van der Waals surface area contributed by atoms with Crippen molar-refractivity contribution in [2.45, 2.75) is 30.6 Å². The summed E-state index contributed by atoms with van der Waals surface area (Å²) < 4.78 is 0. The van der Waals surface area contributed by atoms with E-state index in [2.05, 4.69) is 10.3 Å². The number of hydrogen-bond acceptors (Lipinski definition) is 4. The minimum Gasteiger partial charge on any atom is -0.390 e. The van der Waals surface area contributed by atoms with Crippen molar-refractivity contribution in [3.8, 4) is 0 Å². The maximum atomic E-state index is 12.3. The van der Waals surface area contributed by atoms with Gasteiger partial charge in [-0.15, -0.1) is 0 Å². The fraction of sp³-hybridized carbons (Fsp3) is 0.294. The van der Waals surface area contributed by atoms with E-state index in [9.17, 15) is 15.0 Å². The van der Waals surface area contributed by atoms with E-state index in [0.717, 1.165) is 5.56 Å². The fourth-order valence-corrected chi connectivity index (χ4v) is 2.98. The Morgan fingerprint density at radius 3 is 2.50 bits per heavy atom. The van der Waals surface area contributed by atoms with Gasteiger partial charge in [0.05, 0.1) is 12.1 Å². The molecule has 0 radical (unpaired) electrons. The number of aliphatic hydroxyl groups is 2. The molecule has 0 unspecified atom stereocenters. The molecule has 1 aliphatic rings. The van der Waals surface area contributed by atoms with Crippen molar-refractivity contribution in [2.24, 2.45) is 0 Å². The van der Waals surface area contributed by atoms with Crippen LogP contribution in [0.2, 0.25) is 0 Å². The maximum absolute atomic E-state index is 12.3. The van der Waals surface area contributed by atoms with Gasteiger partial charge in [0.1, 0.15) is 11.8 Å². The van der Waals surface area contributed by atoms with E-state index in [1.165, 1.54) is 0 Å². The molecule has 1 fully saturated rings. The topological polar surface area (TPSA) is 82.5 Å². The van der Waals surface area contributed by atoms with Crippen LogP contribution in [-0.2, 0) is 0 Å². The summed E-state index contributed by atoms with van der Waals surface area (Å²) in [6.07, 6.45) is 0.124. The van der Waals surface area contributed by atoms with E-state index in [0.29, 0.717) is 12.1 Å². The Morgan fingerprint density at radius 2 is 1.82 bits per heavy atom. The average molecular weight is 298 g/mol. The van der Waals surface area contributed by atoms with Gasteiger partial charge in [-0.1, -0.05) is 36.4 Å². The molecule has 4 atom stereocenters. The third kappa shape index (κ3) is 2.86. The summed E-state index contributed by atoms with van der Waals surface area (Å²) in [5.74, 6) is -0.474. The van der Waals surface area contributed by atoms with Gasteiger partial charge in [0.2, 0.25) is 0 Å². The molecule has 114 valence electrons. The van der Waals surface area contributed by atoms with E-state index in [1.807, 2.05) is 30.3 Å². The molecule has 1 aliphatic carbocycles. The third-order valence-corrected chi connectivity index (χ3v) is 4.11. The molecule has 1 aromatic carbocycles. The van der Waals surface area contributed by atoms with Crippen molar-refractivity contribution in [2.75, 3.05) is 0 Å². The SMILES string of the molecule is O=C(N[C@H]1[C@H](O)[C@H](O)C[C@@H]1c1ccccc1)c1ccccn1. The van der Waals surface area contributed by atoms with Crippen LogP contribution in [0.3, 0.4) is 0 Å². The Bertz CT molecular complexity index is 633. The Kier molecular flexibility index (Phi) is 4.18. The molecule has 0 saturated heterocycles. The Balaban J connectivity index is 1.82. The fourth-order valence-electron chi connectivity index (χ4n) is 2.98. The number of nitrogens with one attached hydrogen (secondary N) is 1. The zero-order valence-corrected chi connectivity index (χ0v) is 12.0. The first kappa shape index (κ1) is 14.7. The molecular weight excluding hydrogens is 280 g/mol. The second kappa shape index (κ2) is 6.25. The van der Waals surface area contributed by atoms with Gasteiger partial charge >= 0.3 is 0 Å². The predicted octanol–water partition coefficient (Wildman–Crippen LogP) is 1.09. The normalized spacial score (nSPS) is 27.5. The van der Waals surface area contributed by atoms with Crippen LogP contribution in [-0.4, -0.2) is 39.4 Å². The first-order chi connectivity index (χ1) is 10.7. The van der Waals surface area contributed by atoms with Crippen molar-refractivity contribution < 1.29 is 15.0 Å². The average Bonchev–Trinajstić information content (AvgIpc) is 2.85. The molecule has 22 heavy (non-hydrogen) atoms. The molecule has 1 amide bonds. The highest BCUT2D eigenvalue weighted by molar-refractivity contribution is 5.92. The van der Waals surface area contributed by atoms with E-state index < -0.39 is 18.2 Å². The Hall–Kier alpha value is -2.24. The minimum atomic E-state index is -0.988. The number of nitrogens with zero attached hydrogens (tertiary/aromatic N) is 1. The summed E-state index contributed by atoms with van der Waals surface area (Å²) in [6, 6.07) is 14.1. The lowest BCUT2D eigenvalue weighted by molar-refractivity contribution is 0.0294. The number of aliphatic hydroxyl groups excluding tert-OH is 2. The highest BCUT2D eigenvalue weighted by Gasteiger charge is 2.43. The smallest absolute Gasteiger partial charge is 0.270 e.